The van der Waals surface area contributed by atoms with Crippen LogP contribution in [0.3, 0.4) is 0 Å². The second-order valence-electron chi connectivity index (χ2n) is 10.0. The lowest BCUT2D eigenvalue weighted by molar-refractivity contribution is -0.169. The number of carbonyl (C=O) groups excluding carboxylic acids is 3. The number of rotatable bonds is 3. The highest BCUT2D eigenvalue weighted by molar-refractivity contribution is 5.92. The van der Waals surface area contributed by atoms with E-state index in [9.17, 15) is 19.5 Å². The molecule has 0 unspecified atom stereocenters. The van der Waals surface area contributed by atoms with Crippen molar-refractivity contribution in [2.75, 3.05) is 6.61 Å². The summed E-state index contributed by atoms with van der Waals surface area (Å²) >= 11 is 0. The van der Waals surface area contributed by atoms with Gasteiger partial charge in [-0.1, -0.05) is 19.4 Å². The minimum Gasteiger partial charge on any atom is -0.458 e. The fraction of sp³-hybridized carbons (Fsp3) is 0.783. The van der Waals surface area contributed by atoms with E-state index in [0.717, 1.165) is 38.5 Å². The molecule has 1 N–H and O–H groups in total. The summed E-state index contributed by atoms with van der Waals surface area (Å²) in [5, 5.41) is 11.5. The van der Waals surface area contributed by atoms with E-state index in [2.05, 4.69) is 13.8 Å². The van der Waals surface area contributed by atoms with Gasteiger partial charge < -0.3 is 9.84 Å². The predicted molar refractivity (Wildman–Crippen MR) is 103 cm³/mol. The molecule has 0 saturated heterocycles. The quantitative estimate of drug-likeness (QED) is 0.750. The fourth-order valence-corrected chi connectivity index (χ4v) is 7.32. The number of aliphatic hydroxyl groups is 1. The van der Waals surface area contributed by atoms with Gasteiger partial charge in [0.25, 0.3) is 0 Å². The minimum atomic E-state index is -1.41. The first-order valence-electron chi connectivity index (χ1n) is 10.7. The second kappa shape index (κ2) is 6.51. The van der Waals surface area contributed by atoms with E-state index < -0.39 is 17.0 Å². The molecule has 5 heteroatoms. The number of hydrogen-bond donors (Lipinski definition) is 1. The number of ketones is 2. The molecule has 0 aliphatic heterocycles. The van der Waals surface area contributed by atoms with Crippen molar-refractivity contribution in [3.8, 4) is 0 Å². The van der Waals surface area contributed by atoms with Gasteiger partial charge in [0.1, 0.15) is 5.60 Å². The molecule has 4 rings (SSSR count). The molecule has 154 valence electrons. The van der Waals surface area contributed by atoms with E-state index in [1.54, 1.807) is 0 Å². The molecular weight excluding hydrogens is 356 g/mol. The normalized spacial score (nSPS) is 44.8. The van der Waals surface area contributed by atoms with Gasteiger partial charge >= 0.3 is 5.97 Å². The Kier molecular flexibility index (Phi) is 4.61. The van der Waals surface area contributed by atoms with Crippen molar-refractivity contribution >= 4 is 17.5 Å². The van der Waals surface area contributed by atoms with Crippen LogP contribution in [0.2, 0.25) is 0 Å². The molecule has 28 heavy (non-hydrogen) atoms. The van der Waals surface area contributed by atoms with Crippen LogP contribution in [-0.2, 0) is 19.1 Å². The van der Waals surface area contributed by atoms with Crippen LogP contribution in [0, 0.1) is 28.6 Å². The number of allylic oxidation sites excluding steroid dienone is 1. The van der Waals surface area contributed by atoms with Crippen LogP contribution in [0.1, 0.15) is 72.1 Å². The summed E-state index contributed by atoms with van der Waals surface area (Å²) in [4.78, 5) is 35.9. The van der Waals surface area contributed by atoms with E-state index in [4.69, 9.17) is 4.74 Å². The van der Waals surface area contributed by atoms with Gasteiger partial charge in [-0.05, 0) is 74.2 Å². The van der Waals surface area contributed by atoms with Crippen LogP contribution in [0.4, 0.5) is 0 Å². The molecule has 6 atom stereocenters. The second-order valence-corrected chi connectivity index (χ2v) is 10.0. The molecule has 0 bridgehead atoms. The summed E-state index contributed by atoms with van der Waals surface area (Å²) in [6, 6.07) is 0. The van der Waals surface area contributed by atoms with Gasteiger partial charge in [0, 0.05) is 18.8 Å². The molecule has 0 aromatic carbocycles. The van der Waals surface area contributed by atoms with Gasteiger partial charge in [-0.15, -0.1) is 0 Å². The molecule has 4 aliphatic rings. The number of esters is 1. The van der Waals surface area contributed by atoms with Crippen LogP contribution in [0.15, 0.2) is 11.6 Å². The van der Waals surface area contributed by atoms with Gasteiger partial charge in [-0.25, -0.2) is 0 Å². The Bertz CT molecular complexity index is 754. The first-order chi connectivity index (χ1) is 13.1. The van der Waals surface area contributed by atoms with Crippen molar-refractivity contribution in [3.63, 3.8) is 0 Å². The maximum atomic E-state index is 12.8. The van der Waals surface area contributed by atoms with Crippen molar-refractivity contribution in [1.29, 1.82) is 0 Å². The molecule has 0 spiro atoms. The third-order valence-electron chi connectivity index (χ3n) is 8.98. The molecule has 3 saturated carbocycles. The summed E-state index contributed by atoms with van der Waals surface area (Å²) in [5.41, 5.74) is -0.459. The summed E-state index contributed by atoms with van der Waals surface area (Å²) in [6.07, 6.45) is 8.53. The van der Waals surface area contributed by atoms with Crippen molar-refractivity contribution in [3.05, 3.63) is 11.6 Å². The Labute approximate surface area is 166 Å². The first kappa shape index (κ1) is 19.8. The highest BCUT2D eigenvalue weighted by Crippen LogP contribution is 2.67. The first-order valence-corrected chi connectivity index (χ1v) is 10.7. The van der Waals surface area contributed by atoms with E-state index >= 15 is 0 Å². The average Bonchev–Trinajstić information content (AvgIpc) is 2.92. The van der Waals surface area contributed by atoms with Gasteiger partial charge in [-0.2, -0.15) is 0 Å². The molecule has 0 aromatic rings. The van der Waals surface area contributed by atoms with E-state index in [1.165, 1.54) is 12.5 Å². The highest BCUT2D eigenvalue weighted by atomic mass is 16.5. The Morgan fingerprint density at radius 2 is 1.82 bits per heavy atom. The van der Waals surface area contributed by atoms with Gasteiger partial charge in [-0.3, -0.25) is 14.4 Å². The third-order valence-corrected chi connectivity index (χ3v) is 8.98. The number of carbonyl (C=O) groups is 3. The van der Waals surface area contributed by atoms with Gasteiger partial charge in [0.05, 0.1) is 0 Å². The lowest BCUT2D eigenvalue weighted by atomic mass is 9.46. The summed E-state index contributed by atoms with van der Waals surface area (Å²) in [6.45, 7) is 5.35. The summed E-state index contributed by atoms with van der Waals surface area (Å²) in [7, 11) is 0. The lowest BCUT2D eigenvalue weighted by Gasteiger charge is -2.58. The molecule has 0 amide bonds. The third kappa shape index (κ3) is 2.65. The number of hydrogen-bond acceptors (Lipinski definition) is 5. The molecule has 0 radical (unpaired) electrons. The Hall–Kier alpha value is -1.49. The van der Waals surface area contributed by atoms with Crippen molar-refractivity contribution in [2.45, 2.75) is 77.7 Å². The monoisotopic (exact) mass is 388 g/mol. The SMILES string of the molecule is CC(=O)OCC(=O)[C@]1(O)CC[C@H]2[C@@H]3CCC4=CC(=O)CC[C@]4(C)[C@@H]3CC[C@@]21C. The number of Topliss-reactive ketones (excluding diaryl/α,β-unsaturated/α-hetero) is 1. The largest absolute Gasteiger partial charge is 0.458 e. The highest BCUT2D eigenvalue weighted by Gasteiger charge is 2.66. The standard InChI is InChI=1S/C23H32O5/c1-14(24)28-13-20(26)23(27)11-8-19-17-5-4-15-12-16(25)6-9-21(15,2)18(17)7-10-22(19,23)3/h12,17-19,27H,4-11,13H2,1-3H3/t17-,18-,19+,21+,22+,23-/m1/s1. The number of ether oxygens (including phenoxy) is 1. The lowest BCUT2D eigenvalue weighted by Crippen LogP contribution is -2.58. The van der Waals surface area contributed by atoms with E-state index in [0.29, 0.717) is 30.6 Å². The molecule has 0 heterocycles. The smallest absolute Gasteiger partial charge is 0.303 e. The zero-order chi connectivity index (χ0) is 20.3. The summed E-state index contributed by atoms with van der Waals surface area (Å²) in [5.74, 6) is 0.712. The van der Waals surface area contributed by atoms with E-state index in [-0.39, 0.29) is 23.6 Å². The van der Waals surface area contributed by atoms with Crippen LogP contribution >= 0.6 is 0 Å². The molecule has 3 fully saturated rings. The molecule has 4 aliphatic carbocycles. The topological polar surface area (TPSA) is 80.7 Å². The van der Waals surface area contributed by atoms with Crippen molar-refractivity contribution in [1.82, 2.24) is 0 Å². The minimum absolute atomic E-state index is 0.0839. The van der Waals surface area contributed by atoms with Gasteiger partial charge in [0.2, 0.25) is 5.78 Å². The van der Waals surface area contributed by atoms with Crippen LogP contribution in [0.25, 0.3) is 0 Å². The molecule has 0 aromatic heterocycles. The molecule has 5 nitrogen and oxygen atoms in total. The van der Waals surface area contributed by atoms with Crippen molar-refractivity contribution < 1.29 is 24.2 Å². The Morgan fingerprint density at radius 3 is 2.54 bits per heavy atom. The number of fused-ring (bicyclic) bond motifs is 5. The zero-order valence-electron chi connectivity index (χ0n) is 17.3. The van der Waals surface area contributed by atoms with Crippen LogP contribution in [-0.4, -0.2) is 34.9 Å². The summed E-state index contributed by atoms with van der Waals surface area (Å²) < 4.78 is 4.92. The predicted octanol–water partition coefficient (Wildman–Crippen LogP) is 3.38. The molecular formula is C23H32O5. The van der Waals surface area contributed by atoms with Crippen LogP contribution < -0.4 is 0 Å². The fourth-order valence-electron chi connectivity index (χ4n) is 7.32. The van der Waals surface area contributed by atoms with Crippen molar-refractivity contribution in [2.24, 2.45) is 28.6 Å². The maximum Gasteiger partial charge on any atom is 0.303 e. The van der Waals surface area contributed by atoms with E-state index in [1.807, 2.05) is 6.08 Å². The maximum absolute atomic E-state index is 12.8. The zero-order valence-corrected chi connectivity index (χ0v) is 17.3. The Balaban J connectivity index is 1.60. The Morgan fingerprint density at radius 1 is 1.11 bits per heavy atom. The average molecular weight is 389 g/mol. The van der Waals surface area contributed by atoms with Gasteiger partial charge in [0.15, 0.2) is 12.4 Å². The van der Waals surface area contributed by atoms with Crippen LogP contribution in [0.5, 0.6) is 0 Å².